The summed E-state index contributed by atoms with van der Waals surface area (Å²) < 4.78 is 6.54. The monoisotopic (exact) mass is 312 g/mol. The molecule has 1 amide bonds. The van der Waals surface area contributed by atoms with Crippen molar-refractivity contribution in [1.29, 1.82) is 0 Å². The number of aromatic nitrogens is 4. The number of carbonyl (C=O) groups excluding carboxylic acids is 1. The third-order valence-corrected chi connectivity index (χ3v) is 3.06. The average Bonchev–Trinajstić information content (AvgIpc) is 3.23. The van der Waals surface area contributed by atoms with Crippen LogP contribution in [0.3, 0.4) is 0 Å². The van der Waals surface area contributed by atoms with E-state index in [9.17, 15) is 4.79 Å². The Morgan fingerprint density at radius 1 is 1.35 bits per heavy atom. The van der Waals surface area contributed by atoms with Gasteiger partial charge in [0, 0.05) is 31.5 Å². The SMILES string of the molecule is Cc1nc(NCCNC(=O)c2ccoc2)cc(-n2cccn2)n1. The van der Waals surface area contributed by atoms with E-state index >= 15 is 0 Å². The summed E-state index contributed by atoms with van der Waals surface area (Å²) in [6, 6.07) is 5.25. The van der Waals surface area contributed by atoms with E-state index in [1.165, 1.54) is 12.5 Å². The van der Waals surface area contributed by atoms with Gasteiger partial charge in [-0.3, -0.25) is 4.79 Å². The van der Waals surface area contributed by atoms with Crippen molar-refractivity contribution in [2.75, 3.05) is 18.4 Å². The zero-order chi connectivity index (χ0) is 16.1. The van der Waals surface area contributed by atoms with Crippen molar-refractivity contribution in [3.8, 4) is 5.82 Å². The van der Waals surface area contributed by atoms with Crippen LogP contribution in [0.4, 0.5) is 5.82 Å². The lowest BCUT2D eigenvalue weighted by atomic mass is 10.3. The minimum atomic E-state index is -0.170. The molecule has 118 valence electrons. The zero-order valence-electron chi connectivity index (χ0n) is 12.6. The molecular weight excluding hydrogens is 296 g/mol. The maximum atomic E-state index is 11.7. The molecule has 0 saturated carbocycles. The Balaban J connectivity index is 1.55. The standard InChI is InChI=1S/C15H16N6O2/c1-11-19-13(9-14(20-11)21-7-2-4-18-21)16-5-6-17-15(22)12-3-8-23-10-12/h2-4,7-10H,5-6H2,1H3,(H,17,22)(H,16,19,20). The van der Waals surface area contributed by atoms with Gasteiger partial charge in [0.2, 0.25) is 0 Å². The lowest BCUT2D eigenvalue weighted by molar-refractivity contribution is 0.0954. The number of rotatable bonds is 6. The first kappa shape index (κ1) is 14.8. The summed E-state index contributed by atoms with van der Waals surface area (Å²) in [4.78, 5) is 20.4. The van der Waals surface area contributed by atoms with E-state index in [2.05, 4.69) is 25.7 Å². The Morgan fingerprint density at radius 2 is 2.26 bits per heavy atom. The molecule has 0 aliphatic carbocycles. The van der Waals surface area contributed by atoms with Crippen molar-refractivity contribution in [3.05, 3.63) is 54.5 Å². The molecule has 3 aromatic heterocycles. The van der Waals surface area contributed by atoms with Gasteiger partial charge < -0.3 is 15.1 Å². The van der Waals surface area contributed by atoms with E-state index < -0.39 is 0 Å². The molecule has 8 nitrogen and oxygen atoms in total. The molecule has 0 aliphatic heterocycles. The first-order valence-electron chi connectivity index (χ1n) is 7.12. The van der Waals surface area contributed by atoms with Crippen molar-refractivity contribution >= 4 is 11.7 Å². The van der Waals surface area contributed by atoms with Crippen LogP contribution in [0.25, 0.3) is 5.82 Å². The summed E-state index contributed by atoms with van der Waals surface area (Å²) >= 11 is 0. The highest BCUT2D eigenvalue weighted by molar-refractivity contribution is 5.93. The quantitative estimate of drug-likeness (QED) is 0.668. The summed E-state index contributed by atoms with van der Waals surface area (Å²) in [6.07, 6.45) is 6.38. The average molecular weight is 312 g/mol. The lowest BCUT2D eigenvalue weighted by Gasteiger charge is -2.09. The molecule has 0 spiro atoms. The first-order chi connectivity index (χ1) is 11.2. The Bertz CT molecular complexity index is 767. The number of amides is 1. The van der Waals surface area contributed by atoms with Crippen LogP contribution < -0.4 is 10.6 Å². The molecular formula is C15H16N6O2. The second-order valence-corrected chi connectivity index (χ2v) is 4.80. The number of aryl methyl sites for hydroxylation is 1. The Morgan fingerprint density at radius 3 is 3.00 bits per heavy atom. The number of furan rings is 1. The van der Waals surface area contributed by atoms with Gasteiger partial charge in [-0.1, -0.05) is 0 Å². The third kappa shape index (κ3) is 3.73. The van der Waals surface area contributed by atoms with Crippen LogP contribution in [-0.4, -0.2) is 38.7 Å². The maximum absolute atomic E-state index is 11.7. The van der Waals surface area contributed by atoms with Crippen molar-refractivity contribution in [3.63, 3.8) is 0 Å². The van der Waals surface area contributed by atoms with Gasteiger partial charge >= 0.3 is 0 Å². The second-order valence-electron chi connectivity index (χ2n) is 4.80. The summed E-state index contributed by atoms with van der Waals surface area (Å²) in [6.45, 7) is 2.82. The lowest BCUT2D eigenvalue weighted by Crippen LogP contribution is -2.28. The van der Waals surface area contributed by atoms with Gasteiger partial charge in [-0.15, -0.1) is 0 Å². The van der Waals surface area contributed by atoms with E-state index in [1.807, 2.05) is 19.2 Å². The third-order valence-electron chi connectivity index (χ3n) is 3.06. The van der Waals surface area contributed by atoms with E-state index in [-0.39, 0.29) is 5.91 Å². The molecule has 3 aromatic rings. The fraction of sp³-hybridized carbons (Fsp3) is 0.200. The Kier molecular flexibility index (Phi) is 4.32. The molecule has 23 heavy (non-hydrogen) atoms. The van der Waals surface area contributed by atoms with Gasteiger partial charge in [-0.2, -0.15) is 5.10 Å². The first-order valence-corrected chi connectivity index (χ1v) is 7.12. The summed E-state index contributed by atoms with van der Waals surface area (Å²) in [5.74, 6) is 1.84. The number of hydrogen-bond donors (Lipinski definition) is 2. The normalized spacial score (nSPS) is 10.5. The molecule has 0 radical (unpaired) electrons. The van der Waals surface area contributed by atoms with Crippen molar-refractivity contribution in [1.82, 2.24) is 25.1 Å². The molecule has 0 bridgehead atoms. The molecule has 3 rings (SSSR count). The van der Waals surface area contributed by atoms with Crippen LogP contribution in [0.2, 0.25) is 0 Å². The van der Waals surface area contributed by atoms with E-state index in [0.29, 0.717) is 36.1 Å². The molecule has 3 heterocycles. The predicted octanol–water partition coefficient (Wildman–Crippen LogP) is 1.41. The molecule has 0 saturated heterocycles. The van der Waals surface area contributed by atoms with Gasteiger partial charge in [0.1, 0.15) is 17.9 Å². The topological polar surface area (TPSA) is 97.9 Å². The predicted molar refractivity (Wildman–Crippen MR) is 83.4 cm³/mol. The minimum absolute atomic E-state index is 0.170. The number of hydrogen-bond acceptors (Lipinski definition) is 6. The van der Waals surface area contributed by atoms with Crippen LogP contribution >= 0.6 is 0 Å². The van der Waals surface area contributed by atoms with Gasteiger partial charge in [0.05, 0.1) is 11.8 Å². The summed E-state index contributed by atoms with van der Waals surface area (Å²) in [5.41, 5.74) is 0.504. The van der Waals surface area contributed by atoms with Crippen molar-refractivity contribution < 1.29 is 9.21 Å². The second kappa shape index (κ2) is 6.73. The molecule has 0 aromatic carbocycles. The number of anilines is 1. The largest absolute Gasteiger partial charge is 0.472 e. The number of nitrogens with one attached hydrogen (secondary N) is 2. The van der Waals surface area contributed by atoms with Gasteiger partial charge in [-0.25, -0.2) is 14.6 Å². The fourth-order valence-electron chi connectivity index (χ4n) is 2.03. The minimum Gasteiger partial charge on any atom is -0.472 e. The number of nitrogens with zero attached hydrogens (tertiary/aromatic N) is 4. The summed E-state index contributed by atoms with van der Waals surface area (Å²) in [7, 11) is 0. The van der Waals surface area contributed by atoms with Crippen LogP contribution in [0.5, 0.6) is 0 Å². The van der Waals surface area contributed by atoms with Gasteiger partial charge in [-0.05, 0) is 19.1 Å². The zero-order valence-corrected chi connectivity index (χ0v) is 12.6. The molecule has 0 aliphatic rings. The Hall–Kier alpha value is -3.16. The smallest absolute Gasteiger partial charge is 0.254 e. The van der Waals surface area contributed by atoms with Crippen LogP contribution in [-0.2, 0) is 0 Å². The van der Waals surface area contributed by atoms with Crippen LogP contribution in [0.15, 0.2) is 47.5 Å². The maximum Gasteiger partial charge on any atom is 0.254 e. The summed E-state index contributed by atoms with van der Waals surface area (Å²) in [5, 5.41) is 10.1. The van der Waals surface area contributed by atoms with Crippen LogP contribution in [0, 0.1) is 6.92 Å². The van der Waals surface area contributed by atoms with Crippen molar-refractivity contribution in [2.45, 2.75) is 6.92 Å². The van der Waals surface area contributed by atoms with Crippen molar-refractivity contribution in [2.24, 2.45) is 0 Å². The van der Waals surface area contributed by atoms with E-state index in [1.54, 1.807) is 23.0 Å². The van der Waals surface area contributed by atoms with Gasteiger partial charge in [0.25, 0.3) is 5.91 Å². The van der Waals surface area contributed by atoms with E-state index in [0.717, 1.165) is 0 Å². The highest BCUT2D eigenvalue weighted by Crippen LogP contribution is 2.09. The molecule has 0 atom stereocenters. The molecule has 0 unspecified atom stereocenters. The molecule has 2 N–H and O–H groups in total. The molecule has 0 fully saturated rings. The number of carbonyl (C=O) groups is 1. The van der Waals surface area contributed by atoms with Crippen LogP contribution in [0.1, 0.15) is 16.2 Å². The Labute approximate surface area is 132 Å². The van der Waals surface area contributed by atoms with E-state index in [4.69, 9.17) is 4.42 Å². The van der Waals surface area contributed by atoms with Gasteiger partial charge in [0.15, 0.2) is 5.82 Å². The molecule has 8 heteroatoms. The fourth-order valence-corrected chi connectivity index (χ4v) is 2.03. The highest BCUT2D eigenvalue weighted by atomic mass is 16.3. The highest BCUT2D eigenvalue weighted by Gasteiger charge is 2.06.